The summed E-state index contributed by atoms with van der Waals surface area (Å²) in [4.78, 5) is 37.0. The molecule has 1 aliphatic heterocycles. The summed E-state index contributed by atoms with van der Waals surface area (Å²) in [6.07, 6.45) is 2.63. The van der Waals surface area contributed by atoms with Crippen molar-refractivity contribution in [3.8, 4) is 0 Å². The van der Waals surface area contributed by atoms with Crippen LogP contribution in [0.3, 0.4) is 0 Å². The van der Waals surface area contributed by atoms with Crippen molar-refractivity contribution in [2.45, 2.75) is 25.8 Å². The van der Waals surface area contributed by atoms with Gasteiger partial charge in [-0.15, -0.1) is 0 Å². The Kier molecular flexibility index (Phi) is 6.33. The van der Waals surface area contributed by atoms with E-state index in [1.54, 1.807) is 37.4 Å². The van der Waals surface area contributed by atoms with Crippen LogP contribution in [-0.2, 0) is 9.59 Å². The zero-order valence-corrected chi connectivity index (χ0v) is 15.4. The van der Waals surface area contributed by atoms with E-state index in [1.807, 2.05) is 6.92 Å². The van der Waals surface area contributed by atoms with Gasteiger partial charge in [-0.25, -0.2) is 0 Å². The number of carbonyl (C=O) groups excluding carboxylic acids is 3. The molecular formula is C17H17N2O4S2-. The largest absolute Gasteiger partial charge is 0.548 e. The predicted octanol–water partition coefficient (Wildman–Crippen LogP) is 1.17. The van der Waals surface area contributed by atoms with Crippen LogP contribution in [-0.4, -0.2) is 40.1 Å². The Morgan fingerprint density at radius 1 is 1.36 bits per heavy atom. The van der Waals surface area contributed by atoms with Gasteiger partial charge in [0.2, 0.25) is 0 Å². The minimum atomic E-state index is -1.30. The molecule has 0 bridgehead atoms. The lowest BCUT2D eigenvalue weighted by atomic mass is 10.1. The third-order valence-corrected chi connectivity index (χ3v) is 5.11. The molecular weight excluding hydrogens is 360 g/mol. The van der Waals surface area contributed by atoms with Crippen LogP contribution in [0.2, 0.25) is 0 Å². The molecule has 0 unspecified atom stereocenters. The van der Waals surface area contributed by atoms with Crippen LogP contribution in [0.25, 0.3) is 6.08 Å². The first-order valence-electron chi connectivity index (χ1n) is 7.66. The number of carboxylic acids is 1. The topological polar surface area (TPSA) is 89.5 Å². The summed E-state index contributed by atoms with van der Waals surface area (Å²) >= 11 is 6.29. The van der Waals surface area contributed by atoms with E-state index in [4.69, 9.17) is 12.2 Å². The van der Waals surface area contributed by atoms with Crippen LogP contribution < -0.4 is 10.4 Å². The number of likely N-dealkylation sites (N-methyl/N-ethyl adjacent to an activating group) is 1. The molecule has 8 heteroatoms. The Balaban J connectivity index is 2.09. The summed E-state index contributed by atoms with van der Waals surface area (Å²) in [5, 5.41) is 13.5. The molecule has 0 radical (unpaired) electrons. The summed E-state index contributed by atoms with van der Waals surface area (Å²) < 4.78 is 0.497. The fourth-order valence-electron chi connectivity index (χ4n) is 2.21. The number of carbonyl (C=O) groups is 3. The van der Waals surface area contributed by atoms with Crippen molar-refractivity contribution in [3.63, 3.8) is 0 Å². The number of hydrogen-bond acceptors (Lipinski definition) is 6. The van der Waals surface area contributed by atoms with E-state index in [0.717, 1.165) is 5.56 Å². The van der Waals surface area contributed by atoms with Gasteiger partial charge < -0.3 is 15.2 Å². The summed E-state index contributed by atoms with van der Waals surface area (Å²) in [5.74, 6) is -1.93. The van der Waals surface area contributed by atoms with Gasteiger partial charge >= 0.3 is 0 Å². The molecule has 25 heavy (non-hydrogen) atoms. The van der Waals surface area contributed by atoms with E-state index in [-0.39, 0.29) is 5.91 Å². The molecule has 2 rings (SSSR count). The van der Waals surface area contributed by atoms with Gasteiger partial charge in [-0.1, -0.05) is 49.5 Å². The lowest BCUT2D eigenvalue weighted by molar-refractivity contribution is -0.308. The molecule has 1 atom stereocenters. The maximum Gasteiger partial charge on any atom is 0.265 e. The number of nitrogens with zero attached hydrogens (tertiary/aromatic N) is 1. The monoisotopic (exact) mass is 377 g/mol. The molecule has 1 N–H and O–H groups in total. The summed E-state index contributed by atoms with van der Waals surface area (Å²) in [5.41, 5.74) is 1.08. The molecule has 2 amide bonds. The summed E-state index contributed by atoms with van der Waals surface area (Å²) in [6, 6.07) is 5.51. The van der Waals surface area contributed by atoms with Crippen LogP contribution in [0.4, 0.5) is 0 Å². The molecule has 1 aliphatic rings. The van der Waals surface area contributed by atoms with E-state index >= 15 is 0 Å². The number of amides is 2. The van der Waals surface area contributed by atoms with E-state index in [0.29, 0.717) is 27.6 Å². The predicted molar refractivity (Wildman–Crippen MR) is 98.5 cm³/mol. The second kappa shape index (κ2) is 8.26. The van der Waals surface area contributed by atoms with Gasteiger partial charge in [0.1, 0.15) is 4.32 Å². The van der Waals surface area contributed by atoms with Gasteiger partial charge in [-0.2, -0.15) is 0 Å². The van der Waals surface area contributed by atoms with E-state index in [1.165, 1.54) is 16.7 Å². The first-order chi connectivity index (χ1) is 11.8. The average molecular weight is 377 g/mol. The van der Waals surface area contributed by atoms with Crippen molar-refractivity contribution in [2.75, 3.05) is 7.05 Å². The van der Waals surface area contributed by atoms with Crippen molar-refractivity contribution in [1.82, 2.24) is 10.2 Å². The molecule has 0 saturated carbocycles. The average Bonchev–Trinajstić information content (AvgIpc) is 2.82. The number of carboxylic acid groups (broad SMARTS) is 1. The maximum absolute atomic E-state index is 12.1. The Morgan fingerprint density at radius 3 is 2.48 bits per heavy atom. The first-order valence-corrected chi connectivity index (χ1v) is 8.89. The molecule has 1 aromatic rings. The number of aliphatic carboxylic acids is 1. The molecule has 1 aromatic carbocycles. The highest BCUT2D eigenvalue weighted by atomic mass is 32.2. The molecule has 132 valence electrons. The van der Waals surface area contributed by atoms with Crippen LogP contribution in [0, 0.1) is 0 Å². The fraction of sp³-hybridized carbons (Fsp3) is 0.294. The van der Waals surface area contributed by atoms with E-state index in [9.17, 15) is 19.5 Å². The standard InChI is InChI=1S/C17H18N2O4S2/c1-3-4-12(16(22)23)18-14(20)11-7-5-10(6-8-11)9-13-15(21)19(2)17(24)25-13/h5-9,12H,3-4H2,1-2H3,(H,18,20)(H,22,23)/p-1/b13-9+/t12-/m1/s1. The van der Waals surface area contributed by atoms with Gasteiger partial charge in [0, 0.05) is 12.6 Å². The van der Waals surface area contributed by atoms with Crippen molar-refractivity contribution >= 4 is 52.2 Å². The van der Waals surface area contributed by atoms with Crippen molar-refractivity contribution in [1.29, 1.82) is 0 Å². The second-order valence-electron chi connectivity index (χ2n) is 5.50. The number of rotatable bonds is 6. The second-order valence-corrected chi connectivity index (χ2v) is 7.17. The zero-order chi connectivity index (χ0) is 18.6. The fourth-order valence-corrected chi connectivity index (χ4v) is 3.39. The summed E-state index contributed by atoms with van der Waals surface area (Å²) in [7, 11) is 1.62. The Labute approximate surface area is 155 Å². The third kappa shape index (κ3) is 4.67. The highest BCUT2D eigenvalue weighted by Gasteiger charge is 2.28. The van der Waals surface area contributed by atoms with Crippen LogP contribution in [0.5, 0.6) is 0 Å². The molecule has 0 spiro atoms. The SMILES string of the molecule is CCC[C@@H](NC(=O)c1ccc(/C=C2/SC(=S)N(C)C2=O)cc1)C(=O)[O-]. The van der Waals surface area contributed by atoms with E-state index in [2.05, 4.69) is 5.32 Å². The molecule has 1 saturated heterocycles. The molecule has 0 aromatic heterocycles. The molecule has 1 fully saturated rings. The number of thiocarbonyl (C=S) groups is 1. The highest BCUT2D eigenvalue weighted by molar-refractivity contribution is 8.26. The minimum Gasteiger partial charge on any atom is -0.548 e. The van der Waals surface area contributed by atoms with Gasteiger partial charge in [0.25, 0.3) is 11.8 Å². The van der Waals surface area contributed by atoms with Gasteiger partial charge in [-0.3, -0.25) is 14.5 Å². The number of thioether (sulfide) groups is 1. The number of nitrogens with one attached hydrogen (secondary N) is 1. The van der Waals surface area contributed by atoms with Gasteiger partial charge in [0.05, 0.1) is 16.9 Å². The smallest absolute Gasteiger partial charge is 0.265 e. The molecule has 6 nitrogen and oxygen atoms in total. The van der Waals surface area contributed by atoms with Crippen LogP contribution in [0.1, 0.15) is 35.7 Å². The highest BCUT2D eigenvalue weighted by Crippen LogP contribution is 2.31. The van der Waals surface area contributed by atoms with E-state index < -0.39 is 17.9 Å². The lowest BCUT2D eigenvalue weighted by Crippen LogP contribution is -2.47. The number of benzene rings is 1. The number of hydrogen-bond donors (Lipinski definition) is 1. The Hall–Kier alpha value is -2.19. The molecule has 0 aliphatic carbocycles. The van der Waals surface area contributed by atoms with Crippen molar-refractivity contribution < 1.29 is 19.5 Å². The third-order valence-electron chi connectivity index (χ3n) is 3.62. The first kappa shape index (κ1) is 19.1. The zero-order valence-electron chi connectivity index (χ0n) is 13.8. The Bertz CT molecular complexity index is 744. The quantitative estimate of drug-likeness (QED) is 0.591. The normalized spacial score (nSPS) is 17.0. The lowest BCUT2D eigenvalue weighted by Gasteiger charge is -2.18. The van der Waals surface area contributed by atoms with Crippen molar-refractivity contribution in [3.05, 3.63) is 40.3 Å². The van der Waals surface area contributed by atoms with Crippen molar-refractivity contribution in [2.24, 2.45) is 0 Å². The van der Waals surface area contributed by atoms with Crippen LogP contribution in [0.15, 0.2) is 29.2 Å². The molecule has 1 heterocycles. The van der Waals surface area contributed by atoms with Gasteiger partial charge in [0.15, 0.2) is 0 Å². The summed E-state index contributed by atoms with van der Waals surface area (Å²) in [6.45, 7) is 1.83. The van der Waals surface area contributed by atoms with Gasteiger partial charge in [-0.05, 0) is 30.2 Å². The maximum atomic E-state index is 12.1. The minimum absolute atomic E-state index is 0.159. The van der Waals surface area contributed by atoms with Crippen LogP contribution >= 0.6 is 24.0 Å². The Morgan fingerprint density at radius 2 is 2.00 bits per heavy atom.